The Hall–Kier alpha value is -1.99. The molecule has 3 rings (SSSR count). The highest BCUT2D eigenvalue weighted by Gasteiger charge is 2.31. The summed E-state index contributed by atoms with van der Waals surface area (Å²) < 4.78 is 5.11. The van der Waals surface area contributed by atoms with Gasteiger partial charge in [-0.15, -0.1) is 22.7 Å². The van der Waals surface area contributed by atoms with Crippen LogP contribution in [0.15, 0.2) is 17.5 Å². The molecule has 0 radical (unpaired) electrons. The first-order valence-electron chi connectivity index (χ1n) is 7.32. The van der Waals surface area contributed by atoms with Crippen LogP contribution in [0.1, 0.15) is 55.0 Å². The topological polar surface area (TPSA) is 72.5 Å². The number of amides is 1. The fourth-order valence-corrected chi connectivity index (χ4v) is 4.37. The summed E-state index contributed by atoms with van der Waals surface area (Å²) in [6, 6.07) is 3.50. The van der Waals surface area contributed by atoms with Crippen molar-refractivity contribution in [3.05, 3.63) is 38.4 Å². The van der Waals surface area contributed by atoms with Crippen LogP contribution in [0.2, 0.25) is 0 Å². The summed E-state index contributed by atoms with van der Waals surface area (Å²) in [5.41, 5.74) is 1.05. The molecule has 0 saturated heterocycles. The van der Waals surface area contributed by atoms with Gasteiger partial charge < -0.3 is 10.1 Å². The Labute approximate surface area is 141 Å². The first-order chi connectivity index (χ1) is 11.1. The second-order valence-electron chi connectivity index (χ2n) is 5.04. The number of carbonyl (C=O) groups excluding carboxylic acids is 3. The lowest BCUT2D eigenvalue weighted by atomic mass is 9.94. The summed E-state index contributed by atoms with van der Waals surface area (Å²) >= 11 is 2.49. The molecule has 7 heteroatoms. The highest BCUT2D eigenvalue weighted by molar-refractivity contribution is 7.19. The van der Waals surface area contributed by atoms with Crippen LogP contribution >= 0.6 is 22.7 Å². The number of hydrogen-bond donors (Lipinski definition) is 1. The second-order valence-corrected chi connectivity index (χ2v) is 7.01. The Bertz CT molecular complexity index is 761. The van der Waals surface area contributed by atoms with Crippen LogP contribution in [0, 0.1) is 0 Å². The van der Waals surface area contributed by atoms with Crippen LogP contribution in [0.25, 0.3) is 0 Å². The molecular weight excluding hydrogens is 334 g/mol. The average molecular weight is 349 g/mol. The number of hydrogen-bond acceptors (Lipinski definition) is 6. The Morgan fingerprint density at radius 1 is 1.35 bits per heavy atom. The quantitative estimate of drug-likeness (QED) is 0.853. The Kier molecular flexibility index (Phi) is 4.58. The van der Waals surface area contributed by atoms with Gasteiger partial charge in [0, 0.05) is 6.42 Å². The van der Waals surface area contributed by atoms with E-state index >= 15 is 0 Å². The molecule has 0 bridgehead atoms. The van der Waals surface area contributed by atoms with Crippen molar-refractivity contribution < 1.29 is 19.1 Å². The number of Topliss-reactive ketones (excluding diaryl/α,β-unsaturated/α-hetero) is 1. The number of ketones is 1. The fraction of sp³-hybridized carbons (Fsp3) is 0.312. The van der Waals surface area contributed by atoms with Gasteiger partial charge in [-0.05, 0) is 36.8 Å². The van der Waals surface area contributed by atoms with Crippen molar-refractivity contribution in [2.24, 2.45) is 0 Å². The first-order valence-corrected chi connectivity index (χ1v) is 9.02. The molecular formula is C16H15NO4S2. The predicted octanol–water partition coefficient (Wildman–Crippen LogP) is 3.76. The van der Waals surface area contributed by atoms with Gasteiger partial charge in [-0.25, -0.2) is 4.79 Å². The largest absolute Gasteiger partial charge is 0.462 e. The molecule has 0 spiro atoms. The van der Waals surface area contributed by atoms with Gasteiger partial charge in [0.2, 0.25) is 0 Å². The van der Waals surface area contributed by atoms with Gasteiger partial charge >= 0.3 is 5.97 Å². The summed E-state index contributed by atoms with van der Waals surface area (Å²) in [6.45, 7) is 1.97. The van der Waals surface area contributed by atoms with Gasteiger partial charge in [0.05, 0.1) is 21.9 Å². The van der Waals surface area contributed by atoms with Crippen LogP contribution in [-0.4, -0.2) is 24.3 Å². The Balaban J connectivity index is 1.99. The normalized spacial score (nSPS) is 13.5. The summed E-state index contributed by atoms with van der Waals surface area (Å²) in [6.07, 6.45) is 1.85. The smallest absolute Gasteiger partial charge is 0.341 e. The van der Waals surface area contributed by atoms with Crippen molar-refractivity contribution >= 4 is 45.3 Å². The Morgan fingerprint density at radius 2 is 2.17 bits per heavy atom. The third-order valence-electron chi connectivity index (χ3n) is 3.54. The van der Waals surface area contributed by atoms with Crippen LogP contribution in [0.3, 0.4) is 0 Å². The molecule has 0 aliphatic heterocycles. The van der Waals surface area contributed by atoms with Crippen molar-refractivity contribution in [3.63, 3.8) is 0 Å². The van der Waals surface area contributed by atoms with Crippen molar-refractivity contribution in [1.82, 2.24) is 0 Å². The third-order valence-corrected chi connectivity index (χ3v) is 5.60. The van der Waals surface area contributed by atoms with Crippen LogP contribution in [0.4, 0.5) is 5.00 Å². The highest BCUT2D eigenvalue weighted by Crippen LogP contribution is 2.38. The standard InChI is InChI=1S/C16H15NO4S2/c1-2-21-16(20)12-9-5-3-6-10(18)13(9)23-15(12)17-14(19)11-7-4-8-22-11/h4,7-8H,2-3,5-6H2,1H3,(H,17,19). The average Bonchev–Trinajstić information content (AvgIpc) is 3.15. The van der Waals surface area contributed by atoms with E-state index in [-0.39, 0.29) is 18.3 Å². The molecule has 0 fully saturated rings. The fourth-order valence-electron chi connectivity index (χ4n) is 2.55. The lowest BCUT2D eigenvalue weighted by molar-refractivity contribution is 0.0527. The molecule has 23 heavy (non-hydrogen) atoms. The van der Waals surface area contributed by atoms with E-state index in [1.807, 2.05) is 5.38 Å². The van der Waals surface area contributed by atoms with Crippen LogP contribution in [0.5, 0.6) is 0 Å². The van der Waals surface area contributed by atoms with E-state index in [9.17, 15) is 14.4 Å². The SMILES string of the molecule is CCOC(=O)c1c(NC(=O)c2cccs2)sc2c1CCCC2=O. The zero-order valence-corrected chi connectivity index (χ0v) is 14.1. The van der Waals surface area contributed by atoms with E-state index < -0.39 is 5.97 Å². The number of anilines is 1. The lowest BCUT2D eigenvalue weighted by Gasteiger charge is -2.11. The number of nitrogens with one attached hydrogen (secondary N) is 1. The number of fused-ring (bicyclic) bond motifs is 1. The van der Waals surface area contributed by atoms with E-state index in [0.29, 0.717) is 45.1 Å². The number of ether oxygens (including phenoxy) is 1. The molecule has 0 atom stereocenters. The molecule has 1 aliphatic carbocycles. The van der Waals surface area contributed by atoms with E-state index in [2.05, 4.69) is 5.32 Å². The minimum absolute atomic E-state index is 0.0263. The highest BCUT2D eigenvalue weighted by atomic mass is 32.1. The van der Waals surface area contributed by atoms with Gasteiger partial charge in [-0.2, -0.15) is 0 Å². The molecule has 2 heterocycles. The number of rotatable bonds is 4. The van der Waals surface area contributed by atoms with E-state index in [1.165, 1.54) is 22.7 Å². The minimum atomic E-state index is -0.485. The van der Waals surface area contributed by atoms with Crippen molar-refractivity contribution in [3.8, 4) is 0 Å². The molecule has 2 aromatic heterocycles. The summed E-state index contributed by atoms with van der Waals surface area (Å²) in [4.78, 5) is 37.8. The maximum atomic E-state index is 12.3. The summed E-state index contributed by atoms with van der Waals surface area (Å²) in [5, 5.41) is 4.98. The van der Waals surface area contributed by atoms with Crippen molar-refractivity contribution in [1.29, 1.82) is 0 Å². The predicted molar refractivity (Wildman–Crippen MR) is 89.8 cm³/mol. The van der Waals surface area contributed by atoms with Crippen molar-refractivity contribution in [2.45, 2.75) is 26.2 Å². The molecule has 1 N–H and O–H groups in total. The van der Waals surface area contributed by atoms with Gasteiger partial charge in [0.1, 0.15) is 5.00 Å². The third kappa shape index (κ3) is 3.07. The maximum Gasteiger partial charge on any atom is 0.341 e. The molecule has 0 saturated carbocycles. The van der Waals surface area contributed by atoms with E-state index in [0.717, 1.165) is 0 Å². The second kappa shape index (κ2) is 6.64. The monoisotopic (exact) mass is 349 g/mol. The molecule has 2 aromatic rings. The van der Waals surface area contributed by atoms with Crippen LogP contribution < -0.4 is 5.32 Å². The molecule has 1 amide bonds. The van der Waals surface area contributed by atoms with E-state index in [1.54, 1.807) is 19.1 Å². The van der Waals surface area contributed by atoms with Crippen molar-refractivity contribution in [2.75, 3.05) is 11.9 Å². The molecule has 5 nitrogen and oxygen atoms in total. The maximum absolute atomic E-state index is 12.3. The molecule has 0 unspecified atom stereocenters. The van der Waals surface area contributed by atoms with Gasteiger partial charge in [-0.1, -0.05) is 6.07 Å². The van der Waals surface area contributed by atoms with E-state index in [4.69, 9.17) is 4.74 Å². The van der Waals surface area contributed by atoms with Gasteiger partial charge in [0.15, 0.2) is 5.78 Å². The molecule has 120 valence electrons. The van der Waals surface area contributed by atoms with Crippen LogP contribution in [-0.2, 0) is 11.2 Å². The zero-order valence-electron chi connectivity index (χ0n) is 12.5. The molecule has 1 aliphatic rings. The zero-order chi connectivity index (χ0) is 16.4. The minimum Gasteiger partial charge on any atom is -0.462 e. The number of carbonyl (C=O) groups is 3. The van der Waals surface area contributed by atoms with Gasteiger partial charge in [-0.3, -0.25) is 9.59 Å². The first kappa shape index (κ1) is 15.9. The number of thiophene rings is 2. The molecule has 0 aromatic carbocycles. The summed E-state index contributed by atoms with van der Waals surface area (Å²) in [5.74, 6) is -0.740. The number of esters is 1. The van der Waals surface area contributed by atoms with Gasteiger partial charge in [0.25, 0.3) is 5.91 Å². The lowest BCUT2D eigenvalue weighted by Crippen LogP contribution is -2.15. The Morgan fingerprint density at radius 3 is 2.87 bits per heavy atom. The summed E-state index contributed by atoms with van der Waals surface area (Å²) in [7, 11) is 0.